The molecule has 0 atom stereocenters. The zero-order valence-corrected chi connectivity index (χ0v) is 12.4. The zero-order valence-electron chi connectivity index (χ0n) is 11.7. The van der Waals surface area contributed by atoms with Gasteiger partial charge in [0.15, 0.2) is 11.5 Å². The van der Waals surface area contributed by atoms with E-state index in [0.717, 1.165) is 30.8 Å². The minimum absolute atomic E-state index is 0.482. The van der Waals surface area contributed by atoms with Crippen molar-refractivity contribution in [3.63, 3.8) is 0 Å². The summed E-state index contributed by atoms with van der Waals surface area (Å²) >= 11 is 6.16. The fraction of sp³-hybridized carbons (Fsp3) is 0.267. The molecule has 2 heterocycles. The SMILES string of the molecule is CCCCOc1ccc(-c2nnc3cncc(Cl)n23)cc1. The predicted octanol–water partition coefficient (Wildman–Crippen LogP) is 3.62. The van der Waals surface area contributed by atoms with Gasteiger partial charge in [-0.05, 0) is 30.7 Å². The van der Waals surface area contributed by atoms with Crippen LogP contribution in [-0.4, -0.2) is 26.2 Å². The largest absolute Gasteiger partial charge is 0.494 e. The van der Waals surface area contributed by atoms with E-state index in [0.29, 0.717) is 16.6 Å². The van der Waals surface area contributed by atoms with Crippen molar-refractivity contribution in [2.45, 2.75) is 19.8 Å². The third-order valence-electron chi connectivity index (χ3n) is 3.15. The van der Waals surface area contributed by atoms with Gasteiger partial charge in [0.05, 0.1) is 19.0 Å². The van der Waals surface area contributed by atoms with Crippen LogP contribution in [0, 0.1) is 0 Å². The highest BCUT2D eigenvalue weighted by Crippen LogP contribution is 2.23. The maximum absolute atomic E-state index is 6.16. The van der Waals surface area contributed by atoms with Crippen molar-refractivity contribution in [2.75, 3.05) is 6.61 Å². The van der Waals surface area contributed by atoms with Gasteiger partial charge >= 0.3 is 0 Å². The molecule has 0 saturated carbocycles. The lowest BCUT2D eigenvalue weighted by Crippen LogP contribution is -1.96. The average Bonchev–Trinajstić information content (AvgIpc) is 2.94. The molecule has 0 fully saturated rings. The highest BCUT2D eigenvalue weighted by atomic mass is 35.5. The highest BCUT2D eigenvalue weighted by molar-refractivity contribution is 6.29. The molecular weight excluding hydrogens is 288 g/mol. The van der Waals surface area contributed by atoms with Gasteiger partial charge in [0, 0.05) is 5.56 Å². The van der Waals surface area contributed by atoms with Gasteiger partial charge in [0.2, 0.25) is 0 Å². The molecular formula is C15H15ClN4O. The first kappa shape index (κ1) is 13.8. The zero-order chi connectivity index (χ0) is 14.7. The lowest BCUT2D eigenvalue weighted by Gasteiger charge is -2.06. The molecule has 3 aromatic rings. The van der Waals surface area contributed by atoms with Crippen LogP contribution in [0.3, 0.4) is 0 Å². The molecule has 0 aliphatic carbocycles. The number of unbranched alkanes of at least 4 members (excludes halogenated alkanes) is 1. The first-order chi connectivity index (χ1) is 10.3. The van der Waals surface area contributed by atoms with Crippen LogP contribution in [0.1, 0.15) is 19.8 Å². The number of ether oxygens (including phenoxy) is 1. The molecule has 0 amide bonds. The summed E-state index contributed by atoms with van der Waals surface area (Å²) in [7, 11) is 0. The Morgan fingerprint density at radius 3 is 2.71 bits per heavy atom. The van der Waals surface area contributed by atoms with Gasteiger partial charge in [0.25, 0.3) is 0 Å². The van der Waals surface area contributed by atoms with Crippen molar-refractivity contribution in [1.29, 1.82) is 0 Å². The van der Waals surface area contributed by atoms with Crippen molar-refractivity contribution in [2.24, 2.45) is 0 Å². The van der Waals surface area contributed by atoms with Crippen LogP contribution >= 0.6 is 11.6 Å². The minimum Gasteiger partial charge on any atom is -0.494 e. The smallest absolute Gasteiger partial charge is 0.180 e. The minimum atomic E-state index is 0.482. The number of nitrogens with zero attached hydrogens (tertiary/aromatic N) is 4. The molecule has 21 heavy (non-hydrogen) atoms. The summed E-state index contributed by atoms with van der Waals surface area (Å²) < 4.78 is 7.42. The molecule has 108 valence electrons. The molecule has 0 saturated heterocycles. The van der Waals surface area contributed by atoms with Gasteiger partial charge in [-0.2, -0.15) is 0 Å². The Labute approximate surface area is 127 Å². The lowest BCUT2D eigenvalue weighted by molar-refractivity contribution is 0.309. The maximum Gasteiger partial charge on any atom is 0.180 e. The number of halogens is 1. The molecule has 6 heteroatoms. The van der Waals surface area contributed by atoms with E-state index in [-0.39, 0.29) is 0 Å². The van der Waals surface area contributed by atoms with Crippen molar-refractivity contribution in [3.8, 4) is 17.1 Å². The molecule has 1 aromatic carbocycles. The van der Waals surface area contributed by atoms with Gasteiger partial charge in [0.1, 0.15) is 10.9 Å². The molecule has 0 N–H and O–H groups in total. The van der Waals surface area contributed by atoms with Crippen molar-refractivity contribution < 1.29 is 4.74 Å². The highest BCUT2D eigenvalue weighted by Gasteiger charge is 2.10. The summed E-state index contributed by atoms with van der Waals surface area (Å²) in [5, 5.41) is 8.74. The summed E-state index contributed by atoms with van der Waals surface area (Å²) in [5.41, 5.74) is 1.55. The normalized spacial score (nSPS) is 11.0. The van der Waals surface area contributed by atoms with E-state index in [1.54, 1.807) is 16.8 Å². The second-order valence-electron chi connectivity index (χ2n) is 4.67. The summed E-state index contributed by atoms with van der Waals surface area (Å²) in [6.45, 7) is 2.88. The third-order valence-corrected chi connectivity index (χ3v) is 3.42. The standard InChI is InChI=1S/C15H15ClN4O/c1-2-3-8-21-12-6-4-11(5-7-12)15-19-18-14-10-17-9-13(16)20(14)15/h4-7,9-10H,2-3,8H2,1H3. The fourth-order valence-electron chi connectivity index (χ4n) is 2.04. The molecule has 3 rings (SSSR count). The van der Waals surface area contributed by atoms with Crippen LogP contribution in [0.15, 0.2) is 36.7 Å². The first-order valence-corrected chi connectivity index (χ1v) is 7.25. The molecule has 0 aliphatic heterocycles. The first-order valence-electron chi connectivity index (χ1n) is 6.87. The molecule has 0 spiro atoms. The van der Waals surface area contributed by atoms with Gasteiger partial charge < -0.3 is 4.74 Å². The summed E-state index contributed by atoms with van der Waals surface area (Å²) in [6.07, 6.45) is 5.38. The Bertz CT molecular complexity index is 739. The topological polar surface area (TPSA) is 52.3 Å². The molecule has 2 aromatic heterocycles. The Morgan fingerprint density at radius 2 is 1.95 bits per heavy atom. The van der Waals surface area contributed by atoms with E-state index in [9.17, 15) is 0 Å². The van der Waals surface area contributed by atoms with Crippen molar-refractivity contribution >= 4 is 17.2 Å². The number of fused-ring (bicyclic) bond motifs is 1. The van der Waals surface area contributed by atoms with Crippen LogP contribution < -0.4 is 4.74 Å². The Kier molecular flexibility index (Phi) is 4.01. The van der Waals surface area contributed by atoms with Crippen LogP contribution in [0.5, 0.6) is 5.75 Å². The predicted molar refractivity (Wildman–Crippen MR) is 81.6 cm³/mol. The van der Waals surface area contributed by atoms with Gasteiger partial charge in [-0.3, -0.25) is 9.38 Å². The van der Waals surface area contributed by atoms with E-state index in [2.05, 4.69) is 22.1 Å². The maximum atomic E-state index is 6.16. The Balaban J connectivity index is 1.89. The number of hydrogen-bond acceptors (Lipinski definition) is 4. The quantitative estimate of drug-likeness (QED) is 0.675. The van der Waals surface area contributed by atoms with Crippen molar-refractivity contribution in [1.82, 2.24) is 19.6 Å². The second kappa shape index (κ2) is 6.10. The summed E-state index contributed by atoms with van der Waals surface area (Å²) in [4.78, 5) is 4.00. The number of hydrogen-bond donors (Lipinski definition) is 0. The number of aromatic nitrogens is 4. The van der Waals surface area contributed by atoms with E-state index < -0.39 is 0 Å². The fourth-order valence-corrected chi connectivity index (χ4v) is 2.26. The van der Waals surface area contributed by atoms with Crippen LogP contribution in [0.25, 0.3) is 17.0 Å². The average molecular weight is 303 g/mol. The summed E-state index contributed by atoms with van der Waals surface area (Å²) in [5.74, 6) is 1.55. The van der Waals surface area contributed by atoms with E-state index in [1.165, 1.54) is 0 Å². The van der Waals surface area contributed by atoms with Crippen LogP contribution in [0.4, 0.5) is 0 Å². The molecule has 0 unspecified atom stereocenters. The molecule has 0 bridgehead atoms. The van der Waals surface area contributed by atoms with Crippen LogP contribution in [-0.2, 0) is 0 Å². The van der Waals surface area contributed by atoms with E-state index in [4.69, 9.17) is 16.3 Å². The molecule has 5 nitrogen and oxygen atoms in total. The molecule has 0 aliphatic rings. The monoisotopic (exact) mass is 302 g/mol. The van der Waals surface area contributed by atoms with Gasteiger partial charge in [-0.15, -0.1) is 10.2 Å². The summed E-state index contributed by atoms with van der Waals surface area (Å²) in [6, 6.07) is 7.77. The lowest BCUT2D eigenvalue weighted by atomic mass is 10.2. The van der Waals surface area contributed by atoms with Gasteiger partial charge in [-0.1, -0.05) is 24.9 Å². The van der Waals surface area contributed by atoms with Crippen molar-refractivity contribution in [3.05, 3.63) is 41.8 Å². The molecule has 0 radical (unpaired) electrons. The van der Waals surface area contributed by atoms with E-state index >= 15 is 0 Å². The third kappa shape index (κ3) is 2.83. The number of benzene rings is 1. The van der Waals surface area contributed by atoms with E-state index in [1.807, 2.05) is 24.3 Å². The second-order valence-corrected chi connectivity index (χ2v) is 5.06. The Hall–Kier alpha value is -2.14. The van der Waals surface area contributed by atoms with Gasteiger partial charge in [-0.25, -0.2) is 0 Å². The van der Waals surface area contributed by atoms with Crippen LogP contribution in [0.2, 0.25) is 5.15 Å². The number of rotatable bonds is 5. The Morgan fingerprint density at radius 1 is 1.14 bits per heavy atom.